The summed E-state index contributed by atoms with van der Waals surface area (Å²) >= 11 is 0. The monoisotopic (exact) mass is 306 g/mol. The van der Waals surface area contributed by atoms with Crippen LogP contribution < -0.4 is 0 Å². The highest BCUT2D eigenvalue weighted by atomic mass is 16.3. The molecule has 0 aliphatic carbocycles. The zero-order valence-electron chi connectivity index (χ0n) is 13.0. The molecule has 23 heavy (non-hydrogen) atoms. The topological polar surface area (TPSA) is 46.3 Å². The zero-order chi connectivity index (χ0) is 16.1. The smallest absolute Gasteiger partial charge is 0.254 e. The maximum atomic E-state index is 13.0. The molecule has 0 spiro atoms. The van der Waals surface area contributed by atoms with E-state index < -0.39 is 0 Å². The number of furan rings is 1. The van der Waals surface area contributed by atoms with Gasteiger partial charge in [-0.1, -0.05) is 24.3 Å². The second kappa shape index (κ2) is 6.92. The van der Waals surface area contributed by atoms with Crippen LogP contribution in [-0.4, -0.2) is 15.8 Å². The van der Waals surface area contributed by atoms with Crippen molar-refractivity contribution in [2.75, 3.05) is 0 Å². The number of nitrogens with zero attached hydrogens (tertiary/aromatic N) is 2. The van der Waals surface area contributed by atoms with Gasteiger partial charge in [-0.25, -0.2) is 0 Å². The molecule has 0 N–H and O–H groups in total. The molecule has 1 aromatic carbocycles. The molecule has 0 radical (unpaired) electrons. The molecule has 4 nitrogen and oxygen atoms in total. The number of aromatic nitrogens is 1. The van der Waals surface area contributed by atoms with Crippen LogP contribution >= 0.6 is 0 Å². The van der Waals surface area contributed by atoms with Crippen LogP contribution in [0, 0.1) is 6.92 Å². The van der Waals surface area contributed by atoms with Crippen molar-refractivity contribution >= 4 is 5.91 Å². The number of hydrogen-bond donors (Lipinski definition) is 0. The lowest BCUT2D eigenvalue weighted by Crippen LogP contribution is -2.30. The summed E-state index contributed by atoms with van der Waals surface area (Å²) in [5, 5.41) is 0. The molecule has 0 fully saturated rings. The van der Waals surface area contributed by atoms with Crippen molar-refractivity contribution in [2.24, 2.45) is 0 Å². The molecule has 1 amide bonds. The average Bonchev–Trinajstić information content (AvgIpc) is 3.08. The minimum Gasteiger partial charge on any atom is -0.467 e. The van der Waals surface area contributed by atoms with E-state index >= 15 is 0 Å². The van der Waals surface area contributed by atoms with Crippen LogP contribution in [0.25, 0.3) is 0 Å². The summed E-state index contributed by atoms with van der Waals surface area (Å²) in [6.07, 6.45) is 5.12. The van der Waals surface area contributed by atoms with Gasteiger partial charge in [0.05, 0.1) is 12.8 Å². The van der Waals surface area contributed by atoms with Gasteiger partial charge in [0.2, 0.25) is 0 Å². The van der Waals surface area contributed by atoms with Crippen molar-refractivity contribution < 1.29 is 9.21 Å². The van der Waals surface area contributed by atoms with Gasteiger partial charge in [0.15, 0.2) is 0 Å². The highest BCUT2D eigenvalue weighted by Gasteiger charge is 2.19. The Morgan fingerprint density at radius 2 is 1.96 bits per heavy atom. The first kappa shape index (κ1) is 15.0. The summed E-state index contributed by atoms with van der Waals surface area (Å²) in [6, 6.07) is 15.2. The molecule has 3 rings (SSSR count). The molecule has 0 saturated heterocycles. The van der Waals surface area contributed by atoms with E-state index in [1.54, 1.807) is 23.6 Å². The first-order chi connectivity index (χ1) is 11.2. The predicted molar refractivity (Wildman–Crippen MR) is 87.7 cm³/mol. The van der Waals surface area contributed by atoms with Crippen LogP contribution in [0.1, 0.15) is 27.2 Å². The lowest BCUT2D eigenvalue weighted by Gasteiger charge is -2.22. The lowest BCUT2D eigenvalue weighted by atomic mass is 10.1. The number of benzene rings is 1. The Labute approximate surface area is 135 Å². The van der Waals surface area contributed by atoms with Gasteiger partial charge in [-0.3, -0.25) is 9.78 Å². The molecule has 3 aromatic rings. The zero-order valence-corrected chi connectivity index (χ0v) is 13.0. The fourth-order valence-corrected chi connectivity index (χ4v) is 2.49. The molecule has 0 unspecified atom stereocenters. The van der Waals surface area contributed by atoms with E-state index in [4.69, 9.17) is 4.42 Å². The number of rotatable bonds is 5. The Bertz CT molecular complexity index is 767. The third-order valence-corrected chi connectivity index (χ3v) is 3.69. The van der Waals surface area contributed by atoms with Crippen LogP contribution in [0.2, 0.25) is 0 Å². The average molecular weight is 306 g/mol. The fourth-order valence-electron chi connectivity index (χ4n) is 2.49. The Kier molecular flexibility index (Phi) is 4.52. The molecular formula is C19H18N2O2. The van der Waals surface area contributed by atoms with Gasteiger partial charge in [0, 0.05) is 24.5 Å². The van der Waals surface area contributed by atoms with Gasteiger partial charge >= 0.3 is 0 Å². The Balaban J connectivity index is 1.88. The largest absolute Gasteiger partial charge is 0.467 e. The maximum Gasteiger partial charge on any atom is 0.254 e. The summed E-state index contributed by atoms with van der Waals surface area (Å²) in [6.45, 7) is 2.86. The molecule has 0 aliphatic heterocycles. The van der Waals surface area contributed by atoms with Crippen LogP contribution in [0.3, 0.4) is 0 Å². The molecule has 2 heterocycles. The van der Waals surface area contributed by atoms with E-state index in [0.29, 0.717) is 18.7 Å². The molecular weight excluding hydrogens is 288 g/mol. The van der Waals surface area contributed by atoms with E-state index in [2.05, 4.69) is 4.98 Å². The van der Waals surface area contributed by atoms with Crippen LogP contribution in [-0.2, 0) is 13.1 Å². The number of aryl methyl sites for hydroxylation is 1. The van der Waals surface area contributed by atoms with Crippen molar-refractivity contribution in [3.05, 3.63) is 89.6 Å². The SMILES string of the molecule is Cc1ccccc1C(=O)N(Cc1cccnc1)Cc1ccco1. The lowest BCUT2D eigenvalue weighted by molar-refractivity contribution is 0.0717. The molecule has 0 saturated carbocycles. The van der Waals surface area contributed by atoms with E-state index in [9.17, 15) is 4.79 Å². The van der Waals surface area contributed by atoms with Crippen molar-refractivity contribution in [1.82, 2.24) is 9.88 Å². The van der Waals surface area contributed by atoms with Crippen molar-refractivity contribution in [2.45, 2.75) is 20.0 Å². The summed E-state index contributed by atoms with van der Waals surface area (Å²) in [4.78, 5) is 18.9. The molecule has 4 heteroatoms. The van der Waals surface area contributed by atoms with Crippen molar-refractivity contribution in [1.29, 1.82) is 0 Å². The van der Waals surface area contributed by atoms with Crippen molar-refractivity contribution in [3.8, 4) is 0 Å². The number of carbonyl (C=O) groups is 1. The van der Waals surface area contributed by atoms with E-state index in [-0.39, 0.29) is 5.91 Å². The summed E-state index contributed by atoms with van der Waals surface area (Å²) in [7, 11) is 0. The number of amides is 1. The molecule has 0 aliphatic rings. The quantitative estimate of drug-likeness (QED) is 0.720. The van der Waals surface area contributed by atoms with Gasteiger partial charge in [-0.2, -0.15) is 0 Å². The van der Waals surface area contributed by atoms with Gasteiger partial charge in [-0.15, -0.1) is 0 Å². The van der Waals surface area contributed by atoms with E-state index in [0.717, 1.165) is 16.9 Å². The fraction of sp³-hybridized carbons (Fsp3) is 0.158. The summed E-state index contributed by atoms with van der Waals surface area (Å²) in [5.74, 6) is 0.749. The Morgan fingerprint density at radius 1 is 1.09 bits per heavy atom. The van der Waals surface area contributed by atoms with Gasteiger partial charge in [-0.05, 0) is 42.3 Å². The number of carbonyl (C=O) groups excluding carboxylic acids is 1. The summed E-state index contributed by atoms with van der Waals surface area (Å²) in [5.41, 5.74) is 2.66. The van der Waals surface area contributed by atoms with Gasteiger partial charge in [0.1, 0.15) is 5.76 Å². The summed E-state index contributed by atoms with van der Waals surface area (Å²) < 4.78 is 5.41. The third kappa shape index (κ3) is 3.66. The first-order valence-electron chi connectivity index (χ1n) is 7.50. The predicted octanol–water partition coefficient (Wildman–Crippen LogP) is 3.83. The number of pyridine rings is 1. The molecule has 0 bridgehead atoms. The molecule has 0 atom stereocenters. The third-order valence-electron chi connectivity index (χ3n) is 3.69. The standard InChI is InChI=1S/C19H18N2O2/c1-15-6-2-3-9-18(15)19(22)21(14-17-8-5-11-23-17)13-16-7-4-10-20-12-16/h2-12H,13-14H2,1H3. The highest BCUT2D eigenvalue weighted by Crippen LogP contribution is 2.16. The normalized spacial score (nSPS) is 10.5. The second-order valence-corrected chi connectivity index (χ2v) is 5.42. The first-order valence-corrected chi connectivity index (χ1v) is 7.50. The van der Waals surface area contributed by atoms with Crippen LogP contribution in [0.4, 0.5) is 0 Å². The van der Waals surface area contributed by atoms with Gasteiger partial charge < -0.3 is 9.32 Å². The van der Waals surface area contributed by atoms with E-state index in [1.807, 2.05) is 55.5 Å². The second-order valence-electron chi connectivity index (χ2n) is 5.42. The minimum atomic E-state index is -0.0108. The van der Waals surface area contributed by atoms with Gasteiger partial charge in [0.25, 0.3) is 5.91 Å². The Hall–Kier alpha value is -2.88. The number of hydrogen-bond acceptors (Lipinski definition) is 3. The highest BCUT2D eigenvalue weighted by molar-refractivity contribution is 5.95. The molecule has 116 valence electrons. The Morgan fingerprint density at radius 3 is 2.65 bits per heavy atom. The minimum absolute atomic E-state index is 0.0108. The van der Waals surface area contributed by atoms with Crippen LogP contribution in [0.15, 0.2) is 71.6 Å². The van der Waals surface area contributed by atoms with Crippen molar-refractivity contribution in [3.63, 3.8) is 0 Å². The maximum absolute atomic E-state index is 13.0. The van der Waals surface area contributed by atoms with Crippen LogP contribution in [0.5, 0.6) is 0 Å². The van der Waals surface area contributed by atoms with E-state index in [1.165, 1.54) is 0 Å². The molecule has 2 aromatic heterocycles.